The molecule has 2 nitrogen and oxygen atoms in total. The van der Waals surface area contributed by atoms with Gasteiger partial charge in [0, 0.05) is 19.3 Å². The Bertz CT molecular complexity index is 134. The van der Waals surface area contributed by atoms with Gasteiger partial charge in [0.1, 0.15) is 0 Å². The molecule has 86 valence electrons. The minimum Gasteiger partial charge on any atom is -0.383 e. The molecule has 0 unspecified atom stereocenters. The minimum atomic E-state index is -2.38. The molecule has 0 bridgehead atoms. The highest BCUT2D eigenvalue weighted by molar-refractivity contribution is 7.13. The molecule has 0 aromatic heterocycles. The fourth-order valence-electron chi connectivity index (χ4n) is 1.16. The molecule has 0 aliphatic rings. The first-order valence-corrected chi connectivity index (χ1v) is 8.54. The van der Waals surface area contributed by atoms with Gasteiger partial charge in [-0.05, 0) is 18.8 Å². The van der Waals surface area contributed by atoms with E-state index >= 15 is 0 Å². The third-order valence-corrected chi connectivity index (χ3v) is 5.39. The third kappa shape index (κ3) is 6.82. The van der Waals surface area contributed by atoms with Crippen LogP contribution >= 0.6 is 11.1 Å². The molecule has 0 saturated carbocycles. The van der Waals surface area contributed by atoms with Gasteiger partial charge in [-0.1, -0.05) is 38.8 Å². The predicted molar refractivity (Wildman–Crippen MR) is 63.7 cm³/mol. The monoisotopic (exact) mass is 238 g/mol. The van der Waals surface area contributed by atoms with Crippen molar-refractivity contribution in [2.45, 2.75) is 46.6 Å². The Morgan fingerprint density at radius 2 is 1.50 bits per heavy atom. The van der Waals surface area contributed by atoms with Crippen molar-refractivity contribution >= 4 is 18.9 Å². The summed E-state index contributed by atoms with van der Waals surface area (Å²) in [5.74, 6) is 0.535. The van der Waals surface area contributed by atoms with Crippen molar-refractivity contribution in [1.29, 1.82) is 0 Å². The Morgan fingerprint density at radius 1 is 1.07 bits per heavy atom. The minimum absolute atomic E-state index is 0.535. The summed E-state index contributed by atoms with van der Waals surface area (Å²) in [5.41, 5.74) is 0. The highest BCUT2D eigenvalue weighted by Gasteiger charge is 2.36. The van der Waals surface area contributed by atoms with Crippen LogP contribution in [0.1, 0.15) is 40.5 Å². The number of hydrogen-bond donors (Lipinski definition) is 0. The third-order valence-electron chi connectivity index (χ3n) is 1.70. The van der Waals surface area contributed by atoms with Gasteiger partial charge < -0.3 is 8.85 Å². The molecule has 0 N–H and O–H groups in total. The highest BCUT2D eigenvalue weighted by Crippen LogP contribution is 2.24. The van der Waals surface area contributed by atoms with Gasteiger partial charge in [0.05, 0.1) is 0 Å². The van der Waals surface area contributed by atoms with Gasteiger partial charge in [-0.3, -0.25) is 0 Å². The summed E-state index contributed by atoms with van der Waals surface area (Å²) >= 11 is 6.39. The molecule has 0 atom stereocenters. The van der Waals surface area contributed by atoms with Crippen LogP contribution in [0.5, 0.6) is 0 Å². The Labute approximate surface area is 93.9 Å². The van der Waals surface area contributed by atoms with Crippen molar-refractivity contribution in [2.24, 2.45) is 5.92 Å². The van der Waals surface area contributed by atoms with Gasteiger partial charge in [0.2, 0.25) is 0 Å². The summed E-state index contributed by atoms with van der Waals surface area (Å²) in [4.78, 5) is 0. The maximum atomic E-state index is 6.39. The van der Waals surface area contributed by atoms with E-state index < -0.39 is 7.87 Å². The van der Waals surface area contributed by atoms with Gasteiger partial charge in [0.25, 0.3) is 0 Å². The average Bonchev–Trinajstić information content (AvgIpc) is 2.11. The smallest absolute Gasteiger partial charge is 0.383 e. The lowest BCUT2D eigenvalue weighted by molar-refractivity contribution is 0.183. The molecule has 0 aliphatic heterocycles. The van der Waals surface area contributed by atoms with E-state index in [-0.39, 0.29) is 0 Å². The molecule has 0 spiro atoms. The first-order chi connectivity index (χ1) is 6.54. The van der Waals surface area contributed by atoms with E-state index in [4.69, 9.17) is 19.9 Å². The zero-order valence-electron chi connectivity index (χ0n) is 9.81. The molecule has 0 rings (SSSR count). The first-order valence-electron chi connectivity index (χ1n) is 5.51. The van der Waals surface area contributed by atoms with E-state index in [0.717, 1.165) is 18.9 Å². The quantitative estimate of drug-likeness (QED) is 0.475. The van der Waals surface area contributed by atoms with E-state index in [1.54, 1.807) is 0 Å². The number of rotatable bonds is 8. The zero-order valence-corrected chi connectivity index (χ0v) is 11.6. The molecule has 0 radical (unpaired) electrons. The van der Waals surface area contributed by atoms with E-state index in [0.29, 0.717) is 19.1 Å². The van der Waals surface area contributed by atoms with Crippen molar-refractivity contribution < 1.29 is 8.85 Å². The fourth-order valence-corrected chi connectivity index (χ4v) is 4.86. The van der Waals surface area contributed by atoms with Crippen molar-refractivity contribution in [1.82, 2.24) is 0 Å². The molecular formula is C10H23ClO2Si. The standard InChI is InChI=1S/C10H23ClO2Si/c1-5-7-12-14(11,9-10(3)4)13-8-6-2/h10H,5-9H2,1-4H3. The second kappa shape index (κ2) is 7.68. The van der Waals surface area contributed by atoms with Crippen molar-refractivity contribution in [3.63, 3.8) is 0 Å². The molecule has 0 aliphatic carbocycles. The SMILES string of the molecule is CCCO[Si](Cl)(CC(C)C)OCCC. The fraction of sp³-hybridized carbons (Fsp3) is 1.00. The van der Waals surface area contributed by atoms with E-state index in [9.17, 15) is 0 Å². The normalized spacial score (nSPS) is 12.4. The van der Waals surface area contributed by atoms with Crippen molar-refractivity contribution in [3.05, 3.63) is 0 Å². The number of halogens is 1. The highest BCUT2D eigenvalue weighted by atomic mass is 35.6. The second-order valence-corrected chi connectivity index (χ2v) is 7.99. The van der Waals surface area contributed by atoms with Crippen LogP contribution in [0.4, 0.5) is 0 Å². The lowest BCUT2D eigenvalue weighted by atomic mass is 10.3. The molecule has 14 heavy (non-hydrogen) atoms. The molecule has 0 fully saturated rings. The van der Waals surface area contributed by atoms with Crippen LogP contribution in [-0.2, 0) is 8.85 Å². The van der Waals surface area contributed by atoms with Crippen LogP contribution in [0.2, 0.25) is 6.04 Å². The van der Waals surface area contributed by atoms with Gasteiger partial charge in [-0.25, -0.2) is 0 Å². The van der Waals surface area contributed by atoms with Gasteiger partial charge in [0.15, 0.2) is 0 Å². The summed E-state index contributed by atoms with van der Waals surface area (Å²) < 4.78 is 11.3. The summed E-state index contributed by atoms with van der Waals surface area (Å²) in [6, 6.07) is 0.870. The Balaban J connectivity index is 4.03. The van der Waals surface area contributed by atoms with Crippen molar-refractivity contribution in [3.8, 4) is 0 Å². The maximum Gasteiger partial charge on any atom is 0.443 e. The summed E-state index contributed by atoms with van der Waals surface area (Å²) in [6.45, 7) is 9.89. The summed E-state index contributed by atoms with van der Waals surface area (Å²) in [7, 11) is -2.38. The van der Waals surface area contributed by atoms with E-state index in [2.05, 4.69) is 27.7 Å². The lowest BCUT2D eigenvalue weighted by Crippen LogP contribution is -2.38. The zero-order chi connectivity index (χ0) is 11.0. The largest absolute Gasteiger partial charge is 0.443 e. The topological polar surface area (TPSA) is 18.5 Å². The second-order valence-electron chi connectivity index (χ2n) is 3.95. The Morgan fingerprint density at radius 3 is 1.79 bits per heavy atom. The first kappa shape index (κ1) is 14.4. The van der Waals surface area contributed by atoms with E-state index in [1.807, 2.05) is 0 Å². The molecule has 0 aromatic rings. The molecular weight excluding hydrogens is 216 g/mol. The van der Waals surface area contributed by atoms with Crippen LogP contribution in [0.3, 0.4) is 0 Å². The Kier molecular flexibility index (Phi) is 7.92. The van der Waals surface area contributed by atoms with Crippen LogP contribution in [-0.4, -0.2) is 21.1 Å². The predicted octanol–water partition coefficient (Wildman–Crippen LogP) is 3.67. The summed E-state index contributed by atoms with van der Waals surface area (Å²) in [6.07, 6.45) is 1.99. The molecule has 0 amide bonds. The van der Waals surface area contributed by atoms with Crippen molar-refractivity contribution in [2.75, 3.05) is 13.2 Å². The van der Waals surface area contributed by atoms with Crippen LogP contribution < -0.4 is 0 Å². The molecule has 0 aromatic carbocycles. The lowest BCUT2D eigenvalue weighted by Gasteiger charge is -2.25. The van der Waals surface area contributed by atoms with Crippen LogP contribution in [0, 0.1) is 5.92 Å². The van der Waals surface area contributed by atoms with Gasteiger partial charge in [-0.2, -0.15) is 0 Å². The average molecular weight is 239 g/mol. The Hall–Kier alpha value is 0.427. The maximum absolute atomic E-state index is 6.39. The van der Waals surface area contributed by atoms with Crippen LogP contribution in [0.15, 0.2) is 0 Å². The summed E-state index contributed by atoms with van der Waals surface area (Å²) in [5, 5.41) is 0. The molecule has 0 heterocycles. The molecule has 4 heteroatoms. The molecule has 0 saturated heterocycles. The number of hydrogen-bond acceptors (Lipinski definition) is 2. The van der Waals surface area contributed by atoms with Crippen LogP contribution in [0.25, 0.3) is 0 Å². The van der Waals surface area contributed by atoms with E-state index in [1.165, 1.54) is 0 Å². The van der Waals surface area contributed by atoms with Gasteiger partial charge in [-0.15, -0.1) is 0 Å². The van der Waals surface area contributed by atoms with Gasteiger partial charge >= 0.3 is 7.87 Å².